The Balaban J connectivity index is 3.35. The smallest absolute Gasteiger partial charge is 0.331 e. The van der Waals surface area contributed by atoms with E-state index in [9.17, 15) is 14.7 Å². The molecule has 0 aromatic heterocycles. The summed E-state index contributed by atoms with van der Waals surface area (Å²) in [6.45, 7) is 5.41. The molecule has 4 nitrogen and oxygen atoms in total. The van der Waals surface area contributed by atoms with Crippen LogP contribution in [0.4, 0.5) is 0 Å². The normalized spacial score (nSPS) is 24.5. The third kappa shape index (κ3) is 2.12. The summed E-state index contributed by atoms with van der Waals surface area (Å²) in [6, 6.07) is 0. The first kappa shape index (κ1) is 13.5. The molecule has 1 aliphatic rings. The zero-order chi connectivity index (χ0) is 13.2. The second-order valence-electron chi connectivity index (χ2n) is 4.41. The van der Waals surface area contributed by atoms with Gasteiger partial charge in [0, 0.05) is 5.57 Å². The van der Waals surface area contributed by atoms with Crippen molar-refractivity contribution in [3.05, 3.63) is 22.8 Å². The summed E-state index contributed by atoms with van der Waals surface area (Å²) < 4.78 is 0. The van der Waals surface area contributed by atoms with Crippen LogP contribution in [0, 0.1) is 5.41 Å². The zero-order valence-electron chi connectivity index (χ0n) is 10.4. The van der Waals surface area contributed by atoms with Gasteiger partial charge in [-0.25, -0.2) is 4.79 Å². The van der Waals surface area contributed by atoms with E-state index >= 15 is 0 Å². The number of rotatable bonds is 4. The number of allylic oxidation sites excluding steroid dienone is 2. The highest BCUT2D eigenvalue weighted by Gasteiger charge is 2.43. The van der Waals surface area contributed by atoms with Crippen molar-refractivity contribution in [3.8, 4) is 0 Å². The number of hydrogen-bond donors (Lipinski definition) is 2. The van der Waals surface area contributed by atoms with Gasteiger partial charge in [0.25, 0.3) is 0 Å². The van der Waals surface area contributed by atoms with Crippen LogP contribution in [0.3, 0.4) is 0 Å². The van der Waals surface area contributed by atoms with Gasteiger partial charge >= 0.3 is 11.9 Å². The molecule has 0 fully saturated rings. The van der Waals surface area contributed by atoms with Gasteiger partial charge in [0.2, 0.25) is 0 Å². The van der Waals surface area contributed by atoms with Crippen LogP contribution >= 0.6 is 0 Å². The molecule has 17 heavy (non-hydrogen) atoms. The molecule has 0 saturated carbocycles. The summed E-state index contributed by atoms with van der Waals surface area (Å²) in [5.74, 6) is -1.95. The van der Waals surface area contributed by atoms with E-state index in [0.717, 1.165) is 5.57 Å². The van der Waals surface area contributed by atoms with Crippen LogP contribution in [0.25, 0.3) is 0 Å². The van der Waals surface area contributed by atoms with Crippen molar-refractivity contribution in [2.45, 2.75) is 40.0 Å². The minimum absolute atomic E-state index is 0.0830. The first-order valence-electron chi connectivity index (χ1n) is 5.76. The van der Waals surface area contributed by atoms with Crippen LogP contribution in [0.15, 0.2) is 22.8 Å². The van der Waals surface area contributed by atoms with Gasteiger partial charge in [0.05, 0.1) is 5.41 Å². The van der Waals surface area contributed by atoms with Crippen LogP contribution in [-0.2, 0) is 9.59 Å². The Bertz CT molecular complexity index is 417. The van der Waals surface area contributed by atoms with E-state index in [2.05, 4.69) is 0 Å². The Labute approximate surface area is 101 Å². The van der Waals surface area contributed by atoms with Crippen molar-refractivity contribution in [2.75, 3.05) is 0 Å². The molecule has 1 aliphatic carbocycles. The van der Waals surface area contributed by atoms with Crippen molar-refractivity contribution in [2.24, 2.45) is 5.41 Å². The van der Waals surface area contributed by atoms with E-state index in [1.807, 2.05) is 6.92 Å². The highest BCUT2D eigenvalue weighted by Crippen LogP contribution is 2.44. The Hall–Kier alpha value is -1.58. The largest absolute Gasteiger partial charge is 0.481 e. The van der Waals surface area contributed by atoms with Gasteiger partial charge in [0.15, 0.2) is 0 Å². The lowest BCUT2D eigenvalue weighted by Gasteiger charge is -2.34. The van der Waals surface area contributed by atoms with Crippen molar-refractivity contribution in [3.63, 3.8) is 0 Å². The maximum absolute atomic E-state index is 11.5. The molecule has 0 bridgehead atoms. The molecule has 1 rings (SSSR count). The van der Waals surface area contributed by atoms with Crippen molar-refractivity contribution >= 4 is 11.9 Å². The fraction of sp³-hybridized carbons (Fsp3) is 0.538. The zero-order valence-corrected chi connectivity index (χ0v) is 10.4. The fourth-order valence-corrected chi connectivity index (χ4v) is 2.44. The third-order valence-electron chi connectivity index (χ3n) is 3.61. The predicted octanol–water partition coefficient (Wildman–Crippen LogP) is 2.61. The average Bonchev–Trinajstić information content (AvgIpc) is 2.27. The number of carboxylic acid groups (broad SMARTS) is 2. The SMILES string of the molecule is CCC1=CC(C)=C(C(=O)O)CC1(CC)C(=O)O. The van der Waals surface area contributed by atoms with Crippen LogP contribution in [-0.4, -0.2) is 22.2 Å². The fourth-order valence-electron chi connectivity index (χ4n) is 2.44. The molecular formula is C13H18O4. The van der Waals surface area contributed by atoms with E-state index in [-0.39, 0.29) is 12.0 Å². The summed E-state index contributed by atoms with van der Waals surface area (Å²) in [7, 11) is 0. The molecule has 0 spiro atoms. The van der Waals surface area contributed by atoms with Crippen LogP contribution in [0.1, 0.15) is 40.0 Å². The summed E-state index contributed by atoms with van der Waals surface area (Å²) in [6.07, 6.45) is 2.85. The third-order valence-corrected chi connectivity index (χ3v) is 3.61. The lowest BCUT2D eigenvalue weighted by Crippen LogP contribution is -2.36. The van der Waals surface area contributed by atoms with Gasteiger partial charge in [-0.1, -0.05) is 25.5 Å². The van der Waals surface area contributed by atoms with Gasteiger partial charge < -0.3 is 10.2 Å². The molecule has 0 amide bonds. The maximum atomic E-state index is 11.5. The van der Waals surface area contributed by atoms with Crippen LogP contribution in [0.5, 0.6) is 0 Å². The van der Waals surface area contributed by atoms with E-state index in [1.54, 1.807) is 19.9 Å². The molecule has 0 saturated heterocycles. The summed E-state index contributed by atoms with van der Waals surface area (Å²) in [4.78, 5) is 22.6. The minimum atomic E-state index is -1.04. The van der Waals surface area contributed by atoms with Crippen molar-refractivity contribution < 1.29 is 19.8 Å². The van der Waals surface area contributed by atoms with E-state index in [4.69, 9.17) is 5.11 Å². The summed E-state index contributed by atoms with van der Waals surface area (Å²) in [5.41, 5.74) is 0.656. The molecule has 0 radical (unpaired) electrons. The summed E-state index contributed by atoms with van der Waals surface area (Å²) in [5, 5.41) is 18.5. The highest BCUT2D eigenvalue weighted by molar-refractivity contribution is 5.92. The molecule has 0 aromatic rings. The lowest BCUT2D eigenvalue weighted by molar-refractivity contribution is -0.147. The van der Waals surface area contributed by atoms with Gasteiger partial charge in [-0.3, -0.25) is 4.79 Å². The highest BCUT2D eigenvalue weighted by atomic mass is 16.4. The monoisotopic (exact) mass is 238 g/mol. The van der Waals surface area contributed by atoms with Gasteiger partial charge in [0.1, 0.15) is 0 Å². The number of aliphatic carboxylic acids is 2. The molecule has 4 heteroatoms. The Morgan fingerprint density at radius 1 is 1.35 bits per heavy atom. The standard InChI is InChI=1S/C13H18O4/c1-4-9-6-8(3)10(11(14)15)7-13(9,5-2)12(16)17/h6H,4-5,7H2,1-3H3,(H,14,15)(H,16,17). The van der Waals surface area contributed by atoms with Crippen molar-refractivity contribution in [1.29, 1.82) is 0 Å². The topological polar surface area (TPSA) is 74.6 Å². The number of hydrogen-bond acceptors (Lipinski definition) is 2. The Morgan fingerprint density at radius 2 is 1.94 bits per heavy atom. The van der Waals surface area contributed by atoms with Crippen LogP contribution in [0.2, 0.25) is 0 Å². The summed E-state index contributed by atoms with van der Waals surface area (Å²) >= 11 is 0. The molecule has 1 unspecified atom stereocenters. The molecule has 2 N–H and O–H groups in total. The number of carbonyl (C=O) groups is 2. The quantitative estimate of drug-likeness (QED) is 0.789. The second kappa shape index (κ2) is 4.73. The van der Waals surface area contributed by atoms with E-state index < -0.39 is 17.4 Å². The molecular weight excluding hydrogens is 220 g/mol. The van der Waals surface area contributed by atoms with Crippen LogP contribution < -0.4 is 0 Å². The lowest BCUT2D eigenvalue weighted by atomic mass is 9.68. The van der Waals surface area contributed by atoms with E-state index in [0.29, 0.717) is 18.4 Å². The van der Waals surface area contributed by atoms with Crippen molar-refractivity contribution in [1.82, 2.24) is 0 Å². The second-order valence-corrected chi connectivity index (χ2v) is 4.41. The molecule has 1 atom stereocenters. The van der Waals surface area contributed by atoms with Gasteiger partial charge in [-0.2, -0.15) is 0 Å². The molecule has 0 aromatic carbocycles. The molecule has 0 aliphatic heterocycles. The molecule has 94 valence electrons. The maximum Gasteiger partial charge on any atom is 0.331 e. The predicted molar refractivity (Wildman–Crippen MR) is 63.7 cm³/mol. The van der Waals surface area contributed by atoms with Gasteiger partial charge in [-0.15, -0.1) is 0 Å². The minimum Gasteiger partial charge on any atom is -0.481 e. The first-order valence-corrected chi connectivity index (χ1v) is 5.76. The van der Waals surface area contributed by atoms with Gasteiger partial charge in [-0.05, 0) is 31.8 Å². The Morgan fingerprint density at radius 3 is 2.29 bits per heavy atom. The molecule has 0 heterocycles. The Kier molecular flexibility index (Phi) is 3.76. The average molecular weight is 238 g/mol. The first-order chi connectivity index (χ1) is 7.89. The van der Waals surface area contributed by atoms with E-state index in [1.165, 1.54) is 0 Å². The number of carboxylic acids is 2.